The van der Waals surface area contributed by atoms with Crippen LogP contribution in [0.15, 0.2) is 24.5 Å². The molecule has 0 radical (unpaired) electrons. The first-order valence-electron chi connectivity index (χ1n) is 3.89. The first-order chi connectivity index (χ1) is 6.31. The highest BCUT2D eigenvalue weighted by Gasteiger charge is 2.01. The van der Waals surface area contributed by atoms with Crippen molar-refractivity contribution in [1.29, 1.82) is 0 Å². The van der Waals surface area contributed by atoms with Gasteiger partial charge in [0.2, 0.25) is 0 Å². The lowest BCUT2D eigenvalue weighted by Gasteiger charge is -2.03. The second-order valence-electron chi connectivity index (χ2n) is 2.63. The van der Waals surface area contributed by atoms with Gasteiger partial charge >= 0.3 is 0 Å². The third kappa shape index (κ3) is 1.58. The van der Waals surface area contributed by atoms with Crippen molar-refractivity contribution in [3.63, 3.8) is 0 Å². The SMILES string of the molecule is CNc1ncnc2ccc(I)cc12. The van der Waals surface area contributed by atoms with E-state index in [1.54, 1.807) is 6.33 Å². The van der Waals surface area contributed by atoms with Crippen molar-refractivity contribution in [3.8, 4) is 0 Å². The lowest BCUT2D eigenvalue weighted by molar-refractivity contribution is 1.21. The molecule has 0 aliphatic rings. The highest BCUT2D eigenvalue weighted by Crippen LogP contribution is 2.20. The minimum Gasteiger partial charge on any atom is -0.373 e. The zero-order chi connectivity index (χ0) is 9.26. The highest BCUT2D eigenvalue weighted by atomic mass is 127. The largest absolute Gasteiger partial charge is 0.373 e. The van der Waals surface area contributed by atoms with Gasteiger partial charge in [0, 0.05) is 16.0 Å². The van der Waals surface area contributed by atoms with E-state index in [2.05, 4.69) is 43.9 Å². The van der Waals surface area contributed by atoms with Gasteiger partial charge in [0.05, 0.1) is 5.52 Å². The monoisotopic (exact) mass is 285 g/mol. The molecule has 1 aromatic carbocycles. The number of hydrogen-bond donors (Lipinski definition) is 1. The number of halogens is 1. The second kappa shape index (κ2) is 3.45. The molecule has 0 unspecified atom stereocenters. The summed E-state index contributed by atoms with van der Waals surface area (Å²) in [5.74, 6) is 0.878. The Morgan fingerprint density at radius 2 is 2.15 bits per heavy atom. The van der Waals surface area contributed by atoms with Gasteiger partial charge in [-0.2, -0.15) is 0 Å². The average Bonchev–Trinajstić information content (AvgIpc) is 2.17. The van der Waals surface area contributed by atoms with Crippen LogP contribution in [0.25, 0.3) is 10.9 Å². The number of hydrogen-bond acceptors (Lipinski definition) is 3. The Hall–Kier alpha value is -0.910. The van der Waals surface area contributed by atoms with E-state index < -0.39 is 0 Å². The Labute approximate surface area is 89.7 Å². The van der Waals surface area contributed by atoms with Crippen molar-refractivity contribution in [2.75, 3.05) is 12.4 Å². The fourth-order valence-corrected chi connectivity index (χ4v) is 1.72. The summed E-state index contributed by atoms with van der Waals surface area (Å²) in [6.45, 7) is 0. The Bertz CT molecular complexity index is 442. The van der Waals surface area contributed by atoms with Crippen molar-refractivity contribution < 1.29 is 0 Å². The van der Waals surface area contributed by atoms with E-state index in [0.717, 1.165) is 16.7 Å². The molecule has 0 aliphatic carbocycles. The molecule has 1 heterocycles. The van der Waals surface area contributed by atoms with Crippen molar-refractivity contribution in [1.82, 2.24) is 9.97 Å². The first-order valence-corrected chi connectivity index (χ1v) is 4.97. The summed E-state index contributed by atoms with van der Waals surface area (Å²) in [5.41, 5.74) is 0.972. The number of anilines is 1. The maximum Gasteiger partial charge on any atom is 0.137 e. The predicted molar refractivity (Wildman–Crippen MR) is 61.8 cm³/mol. The Morgan fingerprint density at radius 3 is 2.92 bits per heavy atom. The molecule has 66 valence electrons. The van der Waals surface area contributed by atoms with Crippen LogP contribution in [0.2, 0.25) is 0 Å². The molecule has 4 heteroatoms. The zero-order valence-electron chi connectivity index (χ0n) is 7.08. The van der Waals surface area contributed by atoms with E-state index in [1.165, 1.54) is 3.57 Å². The van der Waals surface area contributed by atoms with Gasteiger partial charge in [-0.3, -0.25) is 0 Å². The molecule has 1 aromatic heterocycles. The molecule has 2 aromatic rings. The number of aromatic nitrogens is 2. The molecule has 0 spiro atoms. The Balaban J connectivity index is 2.79. The van der Waals surface area contributed by atoms with Crippen molar-refractivity contribution >= 4 is 39.3 Å². The minimum atomic E-state index is 0.878. The maximum atomic E-state index is 4.18. The van der Waals surface area contributed by atoms with E-state index in [0.29, 0.717) is 0 Å². The lowest BCUT2D eigenvalue weighted by atomic mass is 10.2. The summed E-state index contributed by atoms with van der Waals surface area (Å²) in [5, 5.41) is 4.11. The Morgan fingerprint density at radius 1 is 1.31 bits per heavy atom. The van der Waals surface area contributed by atoms with Crippen LogP contribution in [0.5, 0.6) is 0 Å². The average molecular weight is 285 g/mol. The smallest absolute Gasteiger partial charge is 0.137 e. The molecule has 0 atom stereocenters. The van der Waals surface area contributed by atoms with E-state index in [1.807, 2.05) is 19.2 Å². The van der Waals surface area contributed by atoms with Gasteiger partial charge in [-0.15, -0.1) is 0 Å². The van der Waals surface area contributed by atoms with E-state index >= 15 is 0 Å². The summed E-state index contributed by atoms with van der Waals surface area (Å²) in [7, 11) is 1.86. The van der Waals surface area contributed by atoms with Crippen molar-refractivity contribution in [2.24, 2.45) is 0 Å². The molecule has 0 fully saturated rings. The van der Waals surface area contributed by atoms with Crippen molar-refractivity contribution in [3.05, 3.63) is 28.1 Å². The van der Waals surface area contributed by atoms with Crippen molar-refractivity contribution in [2.45, 2.75) is 0 Å². The van der Waals surface area contributed by atoms with Crippen LogP contribution in [-0.4, -0.2) is 17.0 Å². The van der Waals surface area contributed by atoms with Crippen LogP contribution >= 0.6 is 22.6 Å². The summed E-state index contributed by atoms with van der Waals surface area (Å²) in [6.07, 6.45) is 1.57. The van der Waals surface area contributed by atoms with Gasteiger partial charge in [0.15, 0.2) is 0 Å². The number of benzene rings is 1. The minimum absolute atomic E-state index is 0.878. The fraction of sp³-hybridized carbons (Fsp3) is 0.111. The van der Waals surface area contributed by atoms with Gasteiger partial charge in [-0.05, 0) is 40.8 Å². The molecule has 1 N–H and O–H groups in total. The first kappa shape index (κ1) is 8.68. The third-order valence-electron chi connectivity index (χ3n) is 1.83. The van der Waals surface area contributed by atoms with Gasteiger partial charge < -0.3 is 5.32 Å². The highest BCUT2D eigenvalue weighted by molar-refractivity contribution is 14.1. The quantitative estimate of drug-likeness (QED) is 0.817. The number of nitrogens with zero attached hydrogens (tertiary/aromatic N) is 2. The second-order valence-corrected chi connectivity index (χ2v) is 3.88. The van der Waals surface area contributed by atoms with Crippen LogP contribution in [0.1, 0.15) is 0 Å². The molecular formula is C9H8IN3. The van der Waals surface area contributed by atoms with Gasteiger partial charge in [-0.1, -0.05) is 0 Å². The van der Waals surface area contributed by atoms with Gasteiger partial charge in [0.25, 0.3) is 0 Å². The number of fused-ring (bicyclic) bond motifs is 1. The number of rotatable bonds is 1. The molecule has 0 aliphatic heterocycles. The molecule has 0 amide bonds. The van der Waals surface area contributed by atoms with Crippen LogP contribution in [0.3, 0.4) is 0 Å². The molecular weight excluding hydrogens is 277 g/mol. The normalized spacial score (nSPS) is 10.3. The zero-order valence-corrected chi connectivity index (χ0v) is 9.24. The summed E-state index contributed by atoms with van der Waals surface area (Å²) < 4.78 is 1.19. The maximum absolute atomic E-state index is 4.18. The topological polar surface area (TPSA) is 37.8 Å². The molecule has 2 rings (SSSR count). The predicted octanol–water partition coefficient (Wildman–Crippen LogP) is 2.28. The van der Waals surface area contributed by atoms with E-state index in [-0.39, 0.29) is 0 Å². The molecule has 0 saturated heterocycles. The molecule has 0 bridgehead atoms. The van der Waals surface area contributed by atoms with Gasteiger partial charge in [-0.25, -0.2) is 9.97 Å². The van der Waals surface area contributed by atoms with Crippen LogP contribution in [-0.2, 0) is 0 Å². The molecule has 0 saturated carbocycles. The third-order valence-corrected chi connectivity index (χ3v) is 2.51. The van der Waals surface area contributed by atoms with Crippen LogP contribution in [0.4, 0.5) is 5.82 Å². The Kier molecular flexibility index (Phi) is 2.30. The van der Waals surface area contributed by atoms with E-state index in [4.69, 9.17) is 0 Å². The lowest BCUT2D eigenvalue weighted by Crippen LogP contribution is -1.94. The fourth-order valence-electron chi connectivity index (χ4n) is 1.23. The molecule has 13 heavy (non-hydrogen) atoms. The van der Waals surface area contributed by atoms with Gasteiger partial charge in [0.1, 0.15) is 12.1 Å². The molecule has 3 nitrogen and oxygen atoms in total. The van der Waals surface area contributed by atoms with E-state index in [9.17, 15) is 0 Å². The summed E-state index contributed by atoms with van der Waals surface area (Å²) in [4.78, 5) is 8.32. The number of nitrogens with one attached hydrogen (secondary N) is 1. The summed E-state index contributed by atoms with van der Waals surface area (Å²) in [6, 6.07) is 6.11. The summed E-state index contributed by atoms with van der Waals surface area (Å²) >= 11 is 2.28. The van der Waals surface area contributed by atoms with Crippen LogP contribution in [0, 0.1) is 3.57 Å². The van der Waals surface area contributed by atoms with Crippen LogP contribution < -0.4 is 5.32 Å². The standard InChI is InChI=1S/C9H8IN3/c1-11-9-7-4-6(10)2-3-8(7)12-5-13-9/h2-5H,1H3,(H,11,12,13).